The molecule has 1 aliphatic rings. The van der Waals surface area contributed by atoms with Gasteiger partial charge in [0.05, 0.1) is 0 Å². The van der Waals surface area contributed by atoms with Crippen molar-refractivity contribution in [1.29, 1.82) is 0 Å². The molecule has 3 aromatic rings. The third-order valence-electron chi connectivity index (χ3n) is 5.97. The van der Waals surface area contributed by atoms with Crippen LogP contribution in [-0.2, 0) is 14.3 Å². The molecule has 0 aliphatic carbocycles. The van der Waals surface area contributed by atoms with Crippen LogP contribution < -0.4 is 15.9 Å². The summed E-state index contributed by atoms with van der Waals surface area (Å²) in [6, 6.07) is 31.2. The Morgan fingerprint density at radius 1 is 0.848 bits per heavy atom. The van der Waals surface area contributed by atoms with Crippen LogP contribution in [0.4, 0.5) is 0 Å². The molecule has 170 valence electrons. The summed E-state index contributed by atoms with van der Waals surface area (Å²) in [5, 5.41) is 3.54. The third kappa shape index (κ3) is 4.72. The molecule has 1 amide bonds. The number of likely N-dealkylation sites (tertiary alicyclic amines) is 1. The van der Waals surface area contributed by atoms with E-state index in [1.807, 2.05) is 75.4 Å². The second kappa shape index (κ2) is 9.49. The molecule has 33 heavy (non-hydrogen) atoms. The molecule has 1 atom stereocenters. The number of ether oxygens (including phenoxy) is 1. The Balaban J connectivity index is 1.81. The Morgan fingerprint density at radius 3 is 1.67 bits per heavy atom. The summed E-state index contributed by atoms with van der Waals surface area (Å²) < 4.78 is 5.50. The molecular weight excluding hydrogens is 429 g/mol. The molecule has 1 aliphatic heterocycles. The average molecular weight is 461 g/mol. The van der Waals surface area contributed by atoms with E-state index < -0.39 is 12.9 Å². The Kier molecular flexibility index (Phi) is 6.67. The first-order valence-corrected chi connectivity index (χ1v) is 13.2. The van der Waals surface area contributed by atoms with E-state index >= 15 is 0 Å². The van der Waals surface area contributed by atoms with Crippen molar-refractivity contribution < 1.29 is 14.3 Å². The Labute approximate surface area is 196 Å². The number of amides is 1. The van der Waals surface area contributed by atoms with Gasteiger partial charge in [0.15, 0.2) is 5.66 Å². The number of nitrogens with zero attached hydrogens (tertiary/aromatic N) is 1. The molecule has 3 aromatic carbocycles. The fraction of sp³-hybridized carbons (Fsp3) is 0.286. The lowest BCUT2D eigenvalue weighted by molar-refractivity contribution is -0.157. The minimum atomic E-state index is -2.32. The molecule has 0 spiro atoms. The fourth-order valence-electron chi connectivity index (χ4n) is 4.74. The van der Waals surface area contributed by atoms with Gasteiger partial charge in [-0.15, -0.1) is 0 Å². The van der Waals surface area contributed by atoms with Crippen LogP contribution in [0, 0.1) is 0 Å². The van der Waals surface area contributed by atoms with E-state index in [9.17, 15) is 9.59 Å². The van der Waals surface area contributed by atoms with E-state index in [2.05, 4.69) is 36.4 Å². The zero-order chi connectivity index (χ0) is 23.5. The highest BCUT2D eigenvalue weighted by Gasteiger charge is 2.58. The summed E-state index contributed by atoms with van der Waals surface area (Å²) in [4.78, 5) is 28.1. The number of rotatable bonds is 6. The van der Waals surface area contributed by atoms with E-state index in [4.69, 9.17) is 4.74 Å². The summed E-state index contributed by atoms with van der Waals surface area (Å²) in [7, 11) is -2.32. The molecular formula is C28H31NO3P+. The fourth-order valence-corrected chi connectivity index (χ4v) is 9.64. The predicted molar refractivity (Wildman–Crippen MR) is 136 cm³/mol. The SMILES string of the molecule is CC(C)(C)OC(=O)CN1CCC([P+](c2ccccc2)(c2ccccc2)c2ccccc2)C1=O. The third-order valence-corrected chi connectivity index (χ3v) is 10.7. The van der Waals surface area contributed by atoms with Crippen molar-refractivity contribution in [1.82, 2.24) is 4.90 Å². The highest BCUT2D eigenvalue weighted by atomic mass is 31.2. The normalized spacial score (nSPS) is 16.6. The maximum Gasteiger partial charge on any atom is 0.326 e. The van der Waals surface area contributed by atoms with E-state index in [1.165, 1.54) is 15.9 Å². The number of esters is 1. The van der Waals surface area contributed by atoms with E-state index in [0.29, 0.717) is 13.0 Å². The lowest BCUT2D eigenvalue weighted by Gasteiger charge is -2.32. The van der Waals surface area contributed by atoms with Crippen LogP contribution in [-0.4, -0.2) is 41.1 Å². The molecule has 0 aromatic heterocycles. The summed E-state index contributed by atoms with van der Waals surface area (Å²) in [5.74, 6) is -0.328. The lowest BCUT2D eigenvalue weighted by atomic mass is 10.2. The summed E-state index contributed by atoms with van der Waals surface area (Å²) in [5.41, 5.74) is -0.805. The van der Waals surface area contributed by atoms with Crippen LogP contribution in [0.25, 0.3) is 0 Å². The Bertz CT molecular complexity index is 998. The highest BCUT2D eigenvalue weighted by Crippen LogP contribution is 2.62. The van der Waals surface area contributed by atoms with Gasteiger partial charge in [-0.25, -0.2) is 0 Å². The van der Waals surface area contributed by atoms with Crippen molar-refractivity contribution in [2.24, 2.45) is 0 Å². The van der Waals surface area contributed by atoms with Crippen molar-refractivity contribution in [3.63, 3.8) is 0 Å². The van der Waals surface area contributed by atoms with E-state index in [1.54, 1.807) is 4.90 Å². The van der Waals surface area contributed by atoms with Crippen LogP contribution in [0.5, 0.6) is 0 Å². The van der Waals surface area contributed by atoms with Crippen molar-refractivity contribution in [2.45, 2.75) is 38.5 Å². The number of benzene rings is 3. The van der Waals surface area contributed by atoms with Gasteiger partial charge in [-0.3, -0.25) is 9.59 Å². The highest BCUT2D eigenvalue weighted by molar-refractivity contribution is 7.96. The van der Waals surface area contributed by atoms with Gasteiger partial charge in [-0.1, -0.05) is 54.6 Å². The van der Waals surface area contributed by atoms with Gasteiger partial charge < -0.3 is 9.64 Å². The molecule has 1 fully saturated rings. The maximum atomic E-state index is 13.9. The van der Waals surface area contributed by atoms with Crippen LogP contribution in [0.3, 0.4) is 0 Å². The summed E-state index contributed by atoms with van der Waals surface area (Å²) in [6.45, 7) is 6.07. The van der Waals surface area contributed by atoms with Crippen LogP contribution in [0.15, 0.2) is 91.0 Å². The topological polar surface area (TPSA) is 46.6 Å². The second-order valence-corrected chi connectivity index (χ2v) is 13.0. The van der Waals surface area contributed by atoms with Crippen LogP contribution in [0.1, 0.15) is 27.2 Å². The maximum absolute atomic E-state index is 13.9. The first-order valence-electron chi connectivity index (χ1n) is 11.4. The van der Waals surface area contributed by atoms with E-state index in [0.717, 1.165) is 0 Å². The molecule has 0 bridgehead atoms. The van der Waals surface area contributed by atoms with Gasteiger partial charge in [0, 0.05) is 13.0 Å². The van der Waals surface area contributed by atoms with Crippen molar-refractivity contribution in [2.75, 3.05) is 13.1 Å². The average Bonchev–Trinajstić information content (AvgIpc) is 3.16. The number of carbonyl (C=O) groups excluding carboxylic acids is 2. The van der Waals surface area contributed by atoms with Crippen molar-refractivity contribution in [3.05, 3.63) is 91.0 Å². The van der Waals surface area contributed by atoms with Crippen LogP contribution in [0.2, 0.25) is 0 Å². The molecule has 0 saturated carbocycles. The molecule has 4 nitrogen and oxygen atoms in total. The van der Waals surface area contributed by atoms with Gasteiger partial charge in [0.25, 0.3) is 5.91 Å². The van der Waals surface area contributed by atoms with Gasteiger partial charge in [0.2, 0.25) is 0 Å². The molecule has 0 radical (unpaired) electrons. The minimum Gasteiger partial charge on any atom is -0.459 e. The summed E-state index contributed by atoms with van der Waals surface area (Å²) in [6.07, 6.45) is 0.702. The van der Waals surface area contributed by atoms with Gasteiger partial charge in [-0.2, -0.15) is 0 Å². The van der Waals surface area contributed by atoms with Crippen molar-refractivity contribution >= 4 is 35.1 Å². The summed E-state index contributed by atoms with van der Waals surface area (Å²) >= 11 is 0. The number of hydrogen-bond acceptors (Lipinski definition) is 3. The zero-order valence-electron chi connectivity index (χ0n) is 19.5. The standard InChI is InChI=1S/C28H31NO3P/c1-28(2,3)32-26(30)21-29-20-19-25(27(29)31)33(22-13-7-4-8-14-22,23-15-9-5-10-16-23)24-17-11-6-12-18-24/h4-18,25H,19-21H2,1-3H3/q+1. The van der Waals surface area contributed by atoms with Gasteiger partial charge in [-0.05, 0) is 57.2 Å². The quantitative estimate of drug-likeness (QED) is 0.414. The molecule has 0 N–H and O–H groups in total. The Hall–Kier alpha value is -2.97. The second-order valence-electron chi connectivity index (χ2n) is 9.38. The Morgan fingerprint density at radius 2 is 1.27 bits per heavy atom. The molecule has 4 rings (SSSR count). The lowest BCUT2D eigenvalue weighted by Crippen LogP contribution is -2.44. The molecule has 1 saturated heterocycles. The van der Waals surface area contributed by atoms with Crippen LogP contribution >= 0.6 is 7.26 Å². The van der Waals surface area contributed by atoms with Crippen molar-refractivity contribution in [3.8, 4) is 0 Å². The number of carbonyl (C=O) groups is 2. The van der Waals surface area contributed by atoms with Gasteiger partial charge >= 0.3 is 5.97 Å². The first-order chi connectivity index (χ1) is 15.8. The first kappa shape index (κ1) is 23.2. The number of hydrogen-bond donors (Lipinski definition) is 0. The predicted octanol–water partition coefficient (Wildman–Crippen LogP) is 3.92. The molecule has 5 heteroatoms. The monoisotopic (exact) mass is 460 g/mol. The van der Waals surface area contributed by atoms with Gasteiger partial charge in [0.1, 0.15) is 35.3 Å². The smallest absolute Gasteiger partial charge is 0.326 e. The largest absolute Gasteiger partial charge is 0.459 e. The molecule has 1 unspecified atom stereocenters. The van der Waals surface area contributed by atoms with E-state index in [-0.39, 0.29) is 24.1 Å². The minimum absolute atomic E-state index is 0.00896. The molecule has 1 heterocycles. The zero-order valence-corrected chi connectivity index (χ0v) is 20.4.